The van der Waals surface area contributed by atoms with Crippen LogP contribution in [0.5, 0.6) is 0 Å². The second-order valence-corrected chi connectivity index (χ2v) is 5.91. The summed E-state index contributed by atoms with van der Waals surface area (Å²) in [6, 6.07) is 6.00. The first-order valence-electron chi connectivity index (χ1n) is 6.47. The summed E-state index contributed by atoms with van der Waals surface area (Å²) in [7, 11) is 0. The summed E-state index contributed by atoms with van der Waals surface area (Å²) in [5.41, 5.74) is 5.83. The van der Waals surface area contributed by atoms with E-state index in [1.165, 1.54) is 28.8 Å². The van der Waals surface area contributed by atoms with Crippen molar-refractivity contribution in [2.75, 3.05) is 18.2 Å². The van der Waals surface area contributed by atoms with E-state index >= 15 is 0 Å². The van der Waals surface area contributed by atoms with Gasteiger partial charge in [-0.1, -0.05) is 12.1 Å². The van der Waals surface area contributed by atoms with Crippen molar-refractivity contribution in [3.8, 4) is 0 Å². The van der Waals surface area contributed by atoms with E-state index in [0.29, 0.717) is 18.2 Å². The predicted octanol–water partition coefficient (Wildman–Crippen LogP) is 0.354. The number of benzene rings is 1. The Morgan fingerprint density at radius 2 is 2.05 bits per heavy atom. The molecule has 1 aromatic rings. The summed E-state index contributed by atoms with van der Waals surface area (Å²) < 4.78 is 12.8. The van der Waals surface area contributed by atoms with E-state index < -0.39 is 0 Å². The SMILES string of the molecule is O=C(CN1CSCC1=O)NNC(=S)NCc1ccc(F)cc1. The standard InChI is InChI=1S/C13H15FN4O2S2/c14-10-3-1-9(2-4-10)5-15-13(21)17-16-11(19)6-18-8-22-7-12(18)20/h1-4H,5-8H2,(H,16,19)(H2,15,17,21). The first-order chi connectivity index (χ1) is 10.5. The van der Waals surface area contributed by atoms with Crippen LogP contribution in [0.3, 0.4) is 0 Å². The van der Waals surface area contributed by atoms with Crippen molar-refractivity contribution in [2.45, 2.75) is 6.54 Å². The zero-order valence-corrected chi connectivity index (χ0v) is 13.2. The first-order valence-corrected chi connectivity index (χ1v) is 8.03. The summed E-state index contributed by atoms with van der Waals surface area (Å²) in [6.45, 7) is 0.405. The Morgan fingerprint density at radius 1 is 1.32 bits per heavy atom. The molecular formula is C13H15FN4O2S2. The monoisotopic (exact) mass is 342 g/mol. The maximum atomic E-state index is 12.8. The van der Waals surface area contributed by atoms with Crippen molar-refractivity contribution in [1.82, 2.24) is 21.1 Å². The van der Waals surface area contributed by atoms with E-state index in [4.69, 9.17) is 12.2 Å². The van der Waals surface area contributed by atoms with Crippen molar-refractivity contribution in [2.24, 2.45) is 0 Å². The van der Waals surface area contributed by atoms with Crippen LogP contribution in [0, 0.1) is 5.82 Å². The molecule has 1 saturated heterocycles. The highest BCUT2D eigenvalue weighted by Gasteiger charge is 2.22. The highest BCUT2D eigenvalue weighted by Crippen LogP contribution is 2.13. The second-order valence-electron chi connectivity index (χ2n) is 4.55. The molecule has 3 N–H and O–H groups in total. The molecule has 0 spiro atoms. The molecule has 0 aromatic heterocycles. The van der Waals surface area contributed by atoms with Gasteiger partial charge in [-0.05, 0) is 29.9 Å². The Hall–Kier alpha value is -1.87. The van der Waals surface area contributed by atoms with Crippen LogP contribution < -0.4 is 16.2 Å². The summed E-state index contributed by atoms with van der Waals surface area (Å²) in [5, 5.41) is 3.11. The summed E-state index contributed by atoms with van der Waals surface area (Å²) in [4.78, 5) is 24.5. The van der Waals surface area contributed by atoms with Gasteiger partial charge >= 0.3 is 0 Å². The van der Waals surface area contributed by atoms with E-state index in [1.807, 2.05) is 0 Å². The molecule has 2 rings (SSSR count). The molecule has 0 unspecified atom stereocenters. The highest BCUT2D eigenvalue weighted by atomic mass is 32.2. The average Bonchev–Trinajstić information content (AvgIpc) is 2.90. The average molecular weight is 342 g/mol. The smallest absolute Gasteiger partial charge is 0.258 e. The molecule has 0 aliphatic carbocycles. The fraction of sp³-hybridized carbons (Fsp3) is 0.308. The molecule has 0 bridgehead atoms. The summed E-state index contributed by atoms with van der Waals surface area (Å²) in [6.07, 6.45) is 0. The van der Waals surface area contributed by atoms with Gasteiger partial charge in [0, 0.05) is 6.54 Å². The van der Waals surface area contributed by atoms with Gasteiger partial charge in [0.15, 0.2) is 5.11 Å². The van der Waals surface area contributed by atoms with E-state index in [9.17, 15) is 14.0 Å². The van der Waals surface area contributed by atoms with Crippen LogP contribution in [-0.2, 0) is 16.1 Å². The van der Waals surface area contributed by atoms with Crippen LogP contribution in [0.1, 0.15) is 5.56 Å². The minimum atomic E-state index is -0.346. The van der Waals surface area contributed by atoms with Crippen molar-refractivity contribution >= 4 is 40.9 Å². The molecule has 2 amide bonds. The lowest BCUT2D eigenvalue weighted by molar-refractivity contribution is -0.132. The van der Waals surface area contributed by atoms with E-state index in [1.54, 1.807) is 12.1 Å². The summed E-state index contributed by atoms with van der Waals surface area (Å²) in [5.74, 6) is 0.253. The van der Waals surface area contributed by atoms with E-state index in [2.05, 4.69) is 16.2 Å². The number of thioether (sulfide) groups is 1. The molecule has 0 atom stereocenters. The minimum absolute atomic E-state index is 0.000587. The van der Waals surface area contributed by atoms with Crippen LogP contribution in [0.4, 0.5) is 4.39 Å². The number of hydrogen-bond acceptors (Lipinski definition) is 4. The number of hydrazine groups is 1. The third-order valence-electron chi connectivity index (χ3n) is 2.84. The molecule has 1 aliphatic heterocycles. The normalized spacial score (nSPS) is 13.9. The van der Waals surface area contributed by atoms with Gasteiger partial charge in [0.1, 0.15) is 12.4 Å². The van der Waals surface area contributed by atoms with Gasteiger partial charge in [0.2, 0.25) is 5.91 Å². The third kappa shape index (κ3) is 5.15. The summed E-state index contributed by atoms with van der Waals surface area (Å²) >= 11 is 6.48. The van der Waals surface area contributed by atoms with Crippen LogP contribution in [0.2, 0.25) is 0 Å². The lowest BCUT2D eigenvalue weighted by atomic mass is 10.2. The first kappa shape index (κ1) is 16.5. The fourth-order valence-corrected chi connectivity index (χ4v) is 2.74. The van der Waals surface area contributed by atoms with E-state index in [-0.39, 0.29) is 29.3 Å². The molecule has 9 heteroatoms. The molecule has 118 valence electrons. The number of thiocarbonyl (C=S) groups is 1. The largest absolute Gasteiger partial charge is 0.357 e. The van der Waals surface area contributed by atoms with Crippen LogP contribution >= 0.6 is 24.0 Å². The van der Waals surface area contributed by atoms with Gasteiger partial charge in [0.05, 0.1) is 11.6 Å². The maximum absolute atomic E-state index is 12.8. The molecular weight excluding hydrogens is 327 g/mol. The van der Waals surface area contributed by atoms with Crippen molar-refractivity contribution in [1.29, 1.82) is 0 Å². The van der Waals surface area contributed by atoms with Crippen molar-refractivity contribution in [3.05, 3.63) is 35.6 Å². The Kier molecular flexibility index (Phi) is 5.96. The van der Waals surface area contributed by atoms with E-state index in [0.717, 1.165) is 5.56 Å². The van der Waals surface area contributed by atoms with Crippen LogP contribution in [0.15, 0.2) is 24.3 Å². The molecule has 22 heavy (non-hydrogen) atoms. The van der Waals surface area contributed by atoms with Gasteiger partial charge in [-0.2, -0.15) is 0 Å². The number of carbonyl (C=O) groups is 2. The number of amides is 2. The number of halogens is 1. The molecule has 1 heterocycles. The zero-order chi connectivity index (χ0) is 15.9. The Balaban J connectivity index is 1.65. The van der Waals surface area contributed by atoms with Crippen LogP contribution in [0.25, 0.3) is 0 Å². The maximum Gasteiger partial charge on any atom is 0.258 e. The quantitative estimate of drug-likeness (QED) is 0.542. The minimum Gasteiger partial charge on any atom is -0.357 e. The van der Waals surface area contributed by atoms with Gasteiger partial charge in [-0.25, -0.2) is 4.39 Å². The molecule has 0 saturated carbocycles. The molecule has 1 aliphatic rings. The number of nitrogens with zero attached hydrogens (tertiary/aromatic N) is 1. The van der Waals surface area contributed by atoms with Crippen molar-refractivity contribution in [3.63, 3.8) is 0 Å². The number of carbonyl (C=O) groups excluding carboxylic acids is 2. The zero-order valence-electron chi connectivity index (χ0n) is 11.6. The third-order valence-corrected chi connectivity index (χ3v) is 4.03. The van der Waals surface area contributed by atoms with Crippen LogP contribution in [-0.4, -0.2) is 40.0 Å². The number of rotatable bonds is 4. The number of hydrogen-bond donors (Lipinski definition) is 3. The topological polar surface area (TPSA) is 73.5 Å². The Bertz CT molecular complexity index is 568. The van der Waals surface area contributed by atoms with Gasteiger partial charge in [-0.3, -0.25) is 20.4 Å². The molecule has 6 nitrogen and oxygen atoms in total. The van der Waals surface area contributed by atoms with Gasteiger partial charge < -0.3 is 10.2 Å². The molecule has 1 fully saturated rings. The molecule has 0 radical (unpaired) electrons. The van der Waals surface area contributed by atoms with Crippen molar-refractivity contribution < 1.29 is 14.0 Å². The number of nitrogens with one attached hydrogen (secondary N) is 3. The van der Waals surface area contributed by atoms with Gasteiger partial charge in [-0.15, -0.1) is 11.8 Å². The highest BCUT2D eigenvalue weighted by molar-refractivity contribution is 8.00. The molecule has 1 aromatic carbocycles. The Morgan fingerprint density at radius 3 is 2.68 bits per heavy atom. The lowest BCUT2D eigenvalue weighted by Gasteiger charge is -2.15. The Labute approximate surface area is 136 Å². The second kappa shape index (κ2) is 7.95. The predicted molar refractivity (Wildman–Crippen MR) is 86.2 cm³/mol. The lowest BCUT2D eigenvalue weighted by Crippen LogP contribution is -2.49. The fourth-order valence-electron chi connectivity index (χ4n) is 1.71. The van der Waals surface area contributed by atoms with Gasteiger partial charge in [0.25, 0.3) is 5.91 Å².